The van der Waals surface area contributed by atoms with Gasteiger partial charge >= 0.3 is 5.97 Å². The van der Waals surface area contributed by atoms with E-state index in [2.05, 4.69) is 5.32 Å². The Labute approximate surface area is 87.1 Å². The quantitative estimate of drug-likeness (QED) is 0.660. The molecule has 0 aromatic heterocycles. The maximum atomic E-state index is 10.4. The van der Waals surface area contributed by atoms with Crippen LogP contribution in [0.25, 0.3) is 0 Å². The van der Waals surface area contributed by atoms with Crippen molar-refractivity contribution in [2.75, 3.05) is 11.9 Å². The van der Waals surface area contributed by atoms with Gasteiger partial charge in [-0.05, 0) is 24.3 Å². The van der Waals surface area contributed by atoms with Crippen molar-refractivity contribution in [3.8, 4) is 6.07 Å². The molecule has 1 aromatic carbocycles. The van der Waals surface area contributed by atoms with E-state index < -0.39 is 12.0 Å². The molecule has 4 N–H and O–H groups in total. The number of nitriles is 1. The molecule has 5 nitrogen and oxygen atoms in total. The van der Waals surface area contributed by atoms with Crippen molar-refractivity contribution >= 4 is 11.7 Å². The van der Waals surface area contributed by atoms with Gasteiger partial charge in [0.05, 0.1) is 11.6 Å². The van der Waals surface area contributed by atoms with E-state index in [-0.39, 0.29) is 6.54 Å². The number of nitrogens with zero attached hydrogens (tertiary/aromatic N) is 1. The van der Waals surface area contributed by atoms with Gasteiger partial charge in [-0.25, -0.2) is 0 Å². The molecule has 0 bridgehead atoms. The van der Waals surface area contributed by atoms with Crippen LogP contribution in [0.15, 0.2) is 24.3 Å². The molecule has 0 saturated heterocycles. The number of carbonyl (C=O) groups is 1. The summed E-state index contributed by atoms with van der Waals surface area (Å²) in [6, 6.07) is 7.76. The molecule has 15 heavy (non-hydrogen) atoms. The Morgan fingerprint density at radius 3 is 2.60 bits per heavy atom. The number of nitrogens with two attached hydrogens (primary N) is 1. The largest absolute Gasteiger partial charge is 0.480 e. The molecule has 0 amide bonds. The number of aliphatic carboxylic acids is 1. The highest BCUT2D eigenvalue weighted by Gasteiger charge is 2.09. The fourth-order valence-electron chi connectivity index (χ4n) is 0.978. The van der Waals surface area contributed by atoms with Gasteiger partial charge in [-0.1, -0.05) is 0 Å². The molecule has 1 atom stereocenters. The SMILES string of the molecule is N#Cc1ccc(NCC(N)C(=O)O)cc1. The van der Waals surface area contributed by atoms with Crippen molar-refractivity contribution in [2.45, 2.75) is 6.04 Å². The number of carboxylic acids is 1. The molecule has 0 spiro atoms. The van der Waals surface area contributed by atoms with E-state index in [9.17, 15) is 4.79 Å². The fraction of sp³-hybridized carbons (Fsp3) is 0.200. The third-order valence-electron chi connectivity index (χ3n) is 1.86. The lowest BCUT2D eigenvalue weighted by Gasteiger charge is -2.09. The van der Waals surface area contributed by atoms with Gasteiger partial charge in [0.15, 0.2) is 0 Å². The number of nitrogens with one attached hydrogen (secondary N) is 1. The number of rotatable bonds is 4. The normalized spacial score (nSPS) is 11.5. The predicted molar refractivity (Wildman–Crippen MR) is 55.3 cm³/mol. The summed E-state index contributed by atoms with van der Waals surface area (Å²) >= 11 is 0. The maximum Gasteiger partial charge on any atom is 0.322 e. The van der Waals surface area contributed by atoms with Gasteiger partial charge in [0.1, 0.15) is 6.04 Å². The summed E-state index contributed by atoms with van der Waals surface area (Å²) in [5.41, 5.74) is 6.61. The minimum absolute atomic E-state index is 0.154. The Kier molecular flexibility index (Phi) is 3.66. The average molecular weight is 205 g/mol. The molecule has 78 valence electrons. The Bertz CT molecular complexity index is 381. The summed E-state index contributed by atoms with van der Waals surface area (Å²) in [7, 11) is 0. The van der Waals surface area contributed by atoms with E-state index in [1.165, 1.54) is 0 Å². The van der Waals surface area contributed by atoms with Crippen LogP contribution in [0.2, 0.25) is 0 Å². The van der Waals surface area contributed by atoms with Crippen LogP contribution in [0, 0.1) is 11.3 Å². The van der Waals surface area contributed by atoms with Crippen LogP contribution in [0.4, 0.5) is 5.69 Å². The van der Waals surface area contributed by atoms with Crippen molar-refractivity contribution in [1.29, 1.82) is 5.26 Å². The van der Waals surface area contributed by atoms with Gasteiger partial charge in [0, 0.05) is 12.2 Å². The van der Waals surface area contributed by atoms with Crippen LogP contribution in [0.3, 0.4) is 0 Å². The first-order chi connectivity index (χ1) is 7.13. The van der Waals surface area contributed by atoms with Crippen molar-refractivity contribution in [1.82, 2.24) is 0 Å². The maximum absolute atomic E-state index is 10.4. The number of anilines is 1. The minimum Gasteiger partial charge on any atom is -0.480 e. The summed E-state index contributed by atoms with van der Waals surface area (Å²) < 4.78 is 0. The van der Waals surface area contributed by atoms with Crippen LogP contribution in [-0.2, 0) is 4.79 Å². The van der Waals surface area contributed by atoms with E-state index in [1.54, 1.807) is 24.3 Å². The average Bonchev–Trinajstić information content (AvgIpc) is 2.26. The molecular weight excluding hydrogens is 194 g/mol. The molecule has 0 aliphatic rings. The molecule has 1 aromatic rings. The van der Waals surface area contributed by atoms with E-state index in [0.29, 0.717) is 5.56 Å². The Hall–Kier alpha value is -2.06. The molecular formula is C10H11N3O2. The second-order valence-corrected chi connectivity index (χ2v) is 3.01. The van der Waals surface area contributed by atoms with Crippen LogP contribution >= 0.6 is 0 Å². The Balaban J connectivity index is 2.52. The van der Waals surface area contributed by atoms with E-state index in [1.807, 2.05) is 6.07 Å². The van der Waals surface area contributed by atoms with Crippen LogP contribution in [0.5, 0.6) is 0 Å². The first-order valence-corrected chi connectivity index (χ1v) is 4.36. The van der Waals surface area contributed by atoms with Gasteiger partial charge in [0.25, 0.3) is 0 Å². The molecule has 0 saturated carbocycles. The number of hydrogen-bond acceptors (Lipinski definition) is 4. The van der Waals surface area contributed by atoms with Crippen molar-refractivity contribution < 1.29 is 9.90 Å². The molecule has 0 fully saturated rings. The van der Waals surface area contributed by atoms with Crippen LogP contribution in [0.1, 0.15) is 5.56 Å². The molecule has 0 heterocycles. The number of carboxylic acid groups (broad SMARTS) is 1. The number of hydrogen-bond donors (Lipinski definition) is 3. The summed E-state index contributed by atoms with van der Waals surface area (Å²) in [5.74, 6) is -1.05. The zero-order chi connectivity index (χ0) is 11.3. The van der Waals surface area contributed by atoms with E-state index in [4.69, 9.17) is 16.1 Å². The van der Waals surface area contributed by atoms with E-state index in [0.717, 1.165) is 5.69 Å². The minimum atomic E-state index is -1.05. The first kappa shape index (κ1) is 11.0. The topological polar surface area (TPSA) is 99.1 Å². The standard InChI is InChI=1S/C10H11N3O2/c11-5-7-1-3-8(4-2-7)13-6-9(12)10(14)15/h1-4,9,13H,6,12H2,(H,14,15). The lowest BCUT2D eigenvalue weighted by Crippen LogP contribution is -2.36. The highest BCUT2D eigenvalue weighted by molar-refractivity contribution is 5.74. The second kappa shape index (κ2) is 4.98. The molecule has 1 rings (SSSR count). The van der Waals surface area contributed by atoms with Crippen molar-refractivity contribution in [2.24, 2.45) is 5.73 Å². The lowest BCUT2D eigenvalue weighted by atomic mass is 10.2. The van der Waals surface area contributed by atoms with Gasteiger partial charge in [-0.2, -0.15) is 5.26 Å². The van der Waals surface area contributed by atoms with Crippen molar-refractivity contribution in [3.05, 3.63) is 29.8 Å². The summed E-state index contributed by atoms with van der Waals surface area (Å²) in [6.45, 7) is 0.154. The Morgan fingerprint density at radius 1 is 1.53 bits per heavy atom. The van der Waals surface area contributed by atoms with Crippen molar-refractivity contribution in [3.63, 3.8) is 0 Å². The van der Waals surface area contributed by atoms with E-state index >= 15 is 0 Å². The Morgan fingerprint density at radius 2 is 2.13 bits per heavy atom. The fourth-order valence-corrected chi connectivity index (χ4v) is 0.978. The van der Waals surface area contributed by atoms with Gasteiger partial charge in [-0.15, -0.1) is 0 Å². The molecule has 1 unspecified atom stereocenters. The smallest absolute Gasteiger partial charge is 0.322 e. The molecule has 5 heteroatoms. The summed E-state index contributed by atoms with van der Waals surface area (Å²) in [6.07, 6.45) is 0. The lowest BCUT2D eigenvalue weighted by molar-refractivity contribution is -0.138. The zero-order valence-corrected chi connectivity index (χ0v) is 7.97. The highest BCUT2D eigenvalue weighted by Crippen LogP contribution is 2.08. The highest BCUT2D eigenvalue weighted by atomic mass is 16.4. The predicted octanol–water partition coefficient (Wildman–Crippen LogP) is 0.382. The van der Waals surface area contributed by atoms with Gasteiger partial charge in [-0.3, -0.25) is 4.79 Å². The second-order valence-electron chi connectivity index (χ2n) is 3.01. The molecule has 0 radical (unpaired) electrons. The number of benzene rings is 1. The first-order valence-electron chi connectivity index (χ1n) is 4.36. The molecule has 0 aliphatic carbocycles. The summed E-state index contributed by atoms with van der Waals surface area (Å²) in [4.78, 5) is 10.4. The summed E-state index contributed by atoms with van der Waals surface area (Å²) in [5, 5.41) is 19.9. The van der Waals surface area contributed by atoms with Gasteiger partial charge in [0.2, 0.25) is 0 Å². The monoisotopic (exact) mass is 205 g/mol. The zero-order valence-electron chi connectivity index (χ0n) is 7.97. The van der Waals surface area contributed by atoms with Crippen LogP contribution in [-0.4, -0.2) is 23.7 Å². The van der Waals surface area contributed by atoms with Crippen LogP contribution < -0.4 is 11.1 Å². The molecule has 0 aliphatic heterocycles. The van der Waals surface area contributed by atoms with Gasteiger partial charge < -0.3 is 16.2 Å². The third kappa shape index (κ3) is 3.29. The third-order valence-corrected chi connectivity index (χ3v) is 1.86.